The number of methoxy groups -OCH3 is 2. The Balaban J connectivity index is 0.000000270. The minimum Gasteiger partial charge on any atom is -0.507 e. The van der Waals surface area contributed by atoms with Crippen LogP contribution in [0.1, 0.15) is 127 Å². The number of carbonyl (C=O) groups is 6. The molecule has 20 N–H and O–H groups in total. The Kier molecular flexibility index (Phi) is 22.3. The van der Waals surface area contributed by atoms with Crippen LogP contribution in [-0.4, -0.2) is 194 Å². The van der Waals surface area contributed by atoms with Crippen molar-refractivity contribution in [3.05, 3.63) is 59.1 Å². The van der Waals surface area contributed by atoms with Crippen LogP contribution in [0.25, 0.3) is 21.5 Å². The van der Waals surface area contributed by atoms with Crippen LogP contribution >= 0.6 is 0 Å². The Morgan fingerprint density at radius 3 is 1.08 bits per heavy atom. The molecule has 100 heavy (non-hydrogen) atoms. The van der Waals surface area contributed by atoms with Gasteiger partial charge in [0, 0.05) is 109 Å². The van der Waals surface area contributed by atoms with Crippen LogP contribution in [0.4, 0.5) is 11.4 Å². The molecular weight excluding hydrogens is 1320 g/mol. The predicted octanol–water partition coefficient (Wildman–Crippen LogP) is 2.87. The molecule has 0 saturated heterocycles. The van der Waals surface area contributed by atoms with Gasteiger partial charge in [0.05, 0.1) is 107 Å². The van der Waals surface area contributed by atoms with Gasteiger partial charge in [0.25, 0.3) is 23.4 Å². The second-order valence-corrected chi connectivity index (χ2v) is 28.4. The summed E-state index contributed by atoms with van der Waals surface area (Å²) in [4.78, 5) is 81.9. The molecule has 0 radical (unpaired) electrons. The van der Waals surface area contributed by atoms with Crippen molar-refractivity contribution in [1.29, 1.82) is 0 Å². The summed E-state index contributed by atoms with van der Waals surface area (Å²) in [5.74, 6) is -15.0. The van der Waals surface area contributed by atoms with Crippen LogP contribution in [0.3, 0.4) is 0 Å². The summed E-state index contributed by atoms with van der Waals surface area (Å²) in [6.45, 7) is 18.8. The van der Waals surface area contributed by atoms with Crippen molar-refractivity contribution in [2.24, 2.45) is 59.2 Å². The molecule has 30 heteroatoms. The summed E-state index contributed by atoms with van der Waals surface area (Å²) in [6, 6.07) is 2.40. The van der Waals surface area contributed by atoms with Gasteiger partial charge in [-0.25, -0.2) is 0 Å². The molecule has 30 nitrogen and oxygen atoms in total. The average molecular weight is 1410 g/mol. The Morgan fingerprint density at radius 2 is 0.760 bits per heavy atom. The van der Waals surface area contributed by atoms with Crippen molar-refractivity contribution in [3.8, 4) is 46.0 Å². The van der Waals surface area contributed by atoms with Crippen LogP contribution in [0, 0.1) is 73.0 Å². The van der Waals surface area contributed by atoms with Crippen LogP contribution in [0.15, 0.2) is 36.8 Å². The average Bonchev–Trinajstić information content (AvgIpc) is 1.42. The first-order valence-electron chi connectivity index (χ1n) is 32.4. The number of aromatic hydroxyl groups is 4. The number of carbonyl (C=O) groups excluding carboxylic acids is 6. The van der Waals surface area contributed by atoms with Gasteiger partial charge in [-0.1, -0.05) is 41.5 Å². The van der Waals surface area contributed by atoms with E-state index in [9.17, 15) is 79.8 Å². The van der Waals surface area contributed by atoms with Crippen LogP contribution < -0.4 is 29.6 Å². The van der Waals surface area contributed by atoms with Gasteiger partial charge in [-0.2, -0.15) is 0 Å². The minimum absolute atomic E-state index is 0. The molecule has 12 bridgehead atoms. The van der Waals surface area contributed by atoms with Gasteiger partial charge in [-0.15, -0.1) is 0 Å². The molecule has 6 aliphatic heterocycles. The highest BCUT2D eigenvalue weighted by atomic mass is 16.7. The SMILES string of the molecule is CO[C@H]1/C=C/O[C@@]2(C)Oc3c(C)c(O)c4c5c(cc(O)c4c3C2=O)NC(=O)[C@](C)(CC(=O)[C@@H]2C[C@@H]2[C@H](O)[C@@H](C)[C@@H](O)[C@@H](C)[C@H](O)[C@@H]1C)O5.CO[C@H]1/C=C/O[C@@]2(C)Oc3c(C)c(O)c4c5c(cc(O)c4c3C2=O)NC(=O)[C@](C)(CC(=O)[C@@H]2C[C@@H]2[C@H](O)[C@@H](C)[C@@H](O)[C@@H](C)[C@H](O)[C@@H]1C)O5.O.O.O.O. The fourth-order valence-electron chi connectivity index (χ4n) is 15.1. The first-order valence-corrected chi connectivity index (χ1v) is 32.4. The zero-order chi connectivity index (χ0) is 70.4. The molecular formula is C70H94N2O28. The summed E-state index contributed by atoms with van der Waals surface area (Å²) in [5, 5.41) is 118. The van der Waals surface area contributed by atoms with Crippen molar-refractivity contribution < 1.29 is 140 Å². The second-order valence-electron chi connectivity index (χ2n) is 28.4. The fourth-order valence-corrected chi connectivity index (χ4v) is 15.1. The first kappa shape index (κ1) is 79.3. The summed E-state index contributed by atoms with van der Waals surface area (Å²) >= 11 is 0. The summed E-state index contributed by atoms with van der Waals surface area (Å²) in [7, 11) is 2.87. The lowest BCUT2D eigenvalue weighted by molar-refractivity contribution is -0.137. The molecule has 2 aliphatic carbocycles. The fraction of sp³-hybridized carbons (Fsp3) is 0.571. The van der Waals surface area contributed by atoms with Crippen molar-refractivity contribution >= 4 is 67.9 Å². The Labute approximate surface area is 575 Å². The van der Waals surface area contributed by atoms with Crippen LogP contribution in [-0.2, 0) is 38.1 Å². The lowest BCUT2D eigenvalue weighted by Crippen LogP contribution is -2.50. The molecule has 2 saturated carbocycles. The lowest BCUT2D eigenvalue weighted by Gasteiger charge is -2.36. The number of benzene rings is 4. The smallest absolute Gasteiger partial charge is 0.312 e. The van der Waals surface area contributed by atoms with Gasteiger partial charge in [0.1, 0.15) is 46.1 Å². The van der Waals surface area contributed by atoms with Gasteiger partial charge in [0.15, 0.2) is 22.7 Å². The summed E-state index contributed by atoms with van der Waals surface area (Å²) in [6.07, 6.45) is -2.67. The zero-order valence-electron chi connectivity index (χ0n) is 57.9. The number of phenols is 4. The number of anilines is 2. The molecule has 0 aromatic heterocycles. The number of nitrogens with one attached hydrogen (secondary N) is 2. The van der Waals surface area contributed by atoms with E-state index in [0.29, 0.717) is 12.8 Å². The molecule has 2 amide bonds. The molecule has 0 spiro atoms. The normalized spacial score (nSPS) is 37.2. The third kappa shape index (κ3) is 12.8. The van der Waals surface area contributed by atoms with Crippen LogP contribution in [0.2, 0.25) is 0 Å². The van der Waals surface area contributed by atoms with Crippen molar-refractivity contribution in [2.45, 2.75) is 180 Å². The van der Waals surface area contributed by atoms with Gasteiger partial charge in [-0.3, -0.25) is 28.8 Å². The molecule has 4 aromatic carbocycles. The molecule has 22 atom stereocenters. The minimum atomic E-state index is -1.93. The lowest BCUT2D eigenvalue weighted by atomic mass is 9.79. The molecule has 12 rings (SSSR count). The van der Waals surface area contributed by atoms with Crippen molar-refractivity contribution in [3.63, 3.8) is 0 Å². The molecule has 6 heterocycles. The second kappa shape index (κ2) is 28.1. The van der Waals surface area contributed by atoms with E-state index in [1.54, 1.807) is 41.5 Å². The Hall–Kier alpha value is -7.98. The number of phenolic OH excluding ortho intramolecular Hbond substituents is 4. The first-order chi connectivity index (χ1) is 44.9. The maximum atomic E-state index is 14.0. The zero-order valence-corrected chi connectivity index (χ0v) is 57.9. The van der Waals surface area contributed by atoms with Gasteiger partial charge < -0.3 is 121 Å². The molecule has 552 valence electrons. The number of rotatable bonds is 2. The standard InChI is InChI=1S/2C35H43NO12.4H2O/c2*1-13-22(45-7)8-9-46-35(6)32(43)25-23-20(37)11-19-31(24(23)29(42)16(4)30(25)48-35)47-34(5,33(44)36-19)12-21(38)17-10-18(17)28(41)15(3)27(40)14(2)26(13)39;;;;/h2*8-9,11,13-15,17-18,22,26-28,37,39-42H,10,12H2,1-7H3,(H,36,44);4*1H2/b2*9-8+;;;;/t2*13-,14+,15+,17-,18+,22+,26-,27+,28-,34+,35+;;;;/m11..../s1. The molecule has 8 aliphatic rings. The number of ketones is 4. The van der Waals surface area contributed by atoms with Crippen molar-refractivity contribution in [1.82, 2.24) is 0 Å². The highest BCUT2D eigenvalue weighted by Crippen LogP contribution is 2.59. The predicted molar refractivity (Wildman–Crippen MR) is 356 cm³/mol. The maximum absolute atomic E-state index is 14.0. The maximum Gasteiger partial charge on any atom is 0.312 e. The summed E-state index contributed by atoms with van der Waals surface area (Å²) < 4.78 is 47.4. The number of hydrogen-bond acceptors (Lipinski definition) is 24. The van der Waals surface area contributed by atoms with Gasteiger partial charge >= 0.3 is 11.6 Å². The Bertz CT molecular complexity index is 3740. The number of amides is 2. The largest absolute Gasteiger partial charge is 0.507 e. The molecule has 0 unspecified atom stereocenters. The van der Waals surface area contributed by atoms with E-state index < -0.39 is 166 Å². The third-order valence-electron chi connectivity index (χ3n) is 21.8. The van der Waals surface area contributed by atoms with E-state index in [2.05, 4.69) is 10.6 Å². The topological polar surface area (TPSA) is 529 Å². The van der Waals surface area contributed by atoms with E-state index in [-0.39, 0.29) is 136 Å². The van der Waals surface area contributed by atoms with E-state index in [0.717, 1.165) is 0 Å². The van der Waals surface area contributed by atoms with Gasteiger partial charge in [-0.05, 0) is 64.5 Å². The van der Waals surface area contributed by atoms with Crippen LogP contribution in [0.5, 0.6) is 46.0 Å². The number of aliphatic hydroxyl groups is 6. The van der Waals surface area contributed by atoms with E-state index in [4.69, 9.17) is 37.9 Å². The van der Waals surface area contributed by atoms with Crippen molar-refractivity contribution in [2.75, 3.05) is 24.9 Å². The summed E-state index contributed by atoms with van der Waals surface area (Å²) in [5.41, 5.74) is -3.28. The number of fused-ring (bicyclic) bond motifs is 6. The third-order valence-corrected chi connectivity index (χ3v) is 21.8. The number of hydrogen-bond donors (Lipinski definition) is 12. The van der Waals surface area contributed by atoms with E-state index in [1.807, 2.05) is 0 Å². The monoisotopic (exact) mass is 1410 g/mol. The number of Topliss-reactive ketones (excluding diaryl/α,β-unsaturated/α-hetero) is 4. The number of aliphatic hydroxyl groups excluding tert-OH is 6. The van der Waals surface area contributed by atoms with E-state index >= 15 is 0 Å². The van der Waals surface area contributed by atoms with E-state index in [1.165, 1.54) is 92.6 Å². The van der Waals surface area contributed by atoms with Gasteiger partial charge in [0.2, 0.25) is 0 Å². The highest BCUT2D eigenvalue weighted by molar-refractivity contribution is 6.23. The molecule has 2 fully saturated rings. The quantitative estimate of drug-likeness (QED) is 0.137. The Morgan fingerprint density at radius 1 is 0.450 bits per heavy atom. The number of ether oxygens (including phenoxy) is 8. The molecule has 4 aromatic rings. The highest BCUT2D eigenvalue weighted by Gasteiger charge is 2.58.